The van der Waals surface area contributed by atoms with Gasteiger partial charge in [-0.05, 0) is 42.8 Å². The van der Waals surface area contributed by atoms with Gasteiger partial charge in [-0.2, -0.15) is 0 Å². The average Bonchev–Trinajstić information content (AvgIpc) is 2.81. The molecule has 31 heavy (non-hydrogen) atoms. The topological polar surface area (TPSA) is 48.0 Å². The lowest BCUT2D eigenvalue weighted by atomic mass is 10.0. The molecule has 0 aromatic heterocycles. The second-order valence-electron chi connectivity index (χ2n) is 7.63. The lowest BCUT2D eigenvalue weighted by Gasteiger charge is -2.32. The van der Waals surface area contributed by atoms with Gasteiger partial charge in [-0.25, -0.2) is 4.79 Å². The monoisotopic (exact) mass is 443 g/mol. The van der Waals surface area contributed by atoms with Crippen LogP contribution >= 0.6 is 0 Å². The number of nitrogens with zero attached hydrogens (tertiary/aromatic N) is 1. The lowest BCUT2D eigenvalue weighted by molar-refractivity contribution is 0.156. The van der Waals surface area contributed by atoms with Gasteiger partial charge in [0.15, 0.2) is 11.5 Å². The van der Waals surface area contributed by atoms with Crippen LogP contribution < -0.4 is 19.4 Å². The van der Waals surface area contributed by atoms with Crippen LogP contribution in [0.2, 0.25) is 18.1 Å². The third kappa shape index (κ3) is 5.06. The fraction of sp³-hybridized carbons (Fsp3) is 0.480. The van der Waals surface area contributed by atoms with Crippen molar-refractivity contribution in [2.45, 2.75) is 52.8 Å². The summed E-state index contributed by atoms with van der Waals surface area (Å²) in [5, 5.41) is 1.30. The smallest absolute Gasteiger partial charge is 0.415 e. The number of carbonyl (C=O) groups excluding carboxylic acids is 1. The molecule has 0 radical (unpaired) electrons. The number of carbonyl (C=O) groups is 1. The summed E-state index contributed by atoms with van der Waals surface area (Å²) in [7, 11) is 1.47. The standard InChI is InChI=1S/C25H37NO4Si/c1-8-26(9-2)25(27)30-24-21(29-7)16-17-22(31(10-3,11-4)12-5)23(24)19-14-13-15-20(18-19)28-6/h13-18H,8-12H2,1-7H3. The minimum Gasteiger partial charge on any atom is -0.497 e. The van der Waals surface area contributed by atoms with Crippen LogP contribution in [0.3, 0.4) is 0 Å². The first-order valence-corrected chi connectivity index (χ1v) is 13.9. The van der Waals surface area contributed by atoms with Gasteiger partial charge in [-0.1, -0.05) is 57.1 Å². The van der Waals surface area contributed by atoms with Crippen LogP contribution in [0.15, 0.2) is 36.4 Å². The summed E-state index contributed by atoms with van der Waals surface area (Å²) in [4.78, 5) is 14.6. The molecular formula is C25H37NO4Si. The van der Waals surface area contributed by atoms with E-state index >= 15 is 0 Å². The first-order chi connectivity index (χ1) is 14.9. The van der Waals surface area contributed by atoms with Gasteiger partial charge in [-0.3, -0.25) is 0 Å². The van der Waals surface area contributed by atoms with Gasteiger partial charge < -0.3 is 19.1 Å². The normalized spacial score (nSPS) is 11.2. The van der Waals surface area contributed by atoms with Crippen LogP contribution in [0.4, 0.5) is 4.79 Å². The second kappa shape index (κ2) is 11.2. The molecule has 0 atom stereocenters. The quantitative estimate of drug-likeness (QED) is 0.427. The van der Waals surface area contributed by atoms with E-state index in [4.69, 9.17) is 14.2 Å². The molecule has 2 aromatic carbocycles. The summed E-state index contributed by atoms with van der Waals surface area (Å²) in [6.07, 6.45) is -0.360. The Morgan fingerprint density at radius 1 is 0.903 bits per heavy atom. The Hall–Kier alpha value is -2.47. The number of hydrogen-bond donors (Lipinski definition) is 0. The van der Waals surface area contributed by atoms with Crippen molar-refractivity contribution in [1.82, 2.24) is 4.90 Å². The molecule has 0 spiro atoms. The van der Waals surface area contributed by atoms with Crippen molar-refractivity contribution < 1.29 is 19.0 Å². The Kier molecular flexibility index (Phi) is 8.98. The van der Waals surface area contributed by atoms with Crippen molar-refractivity contribution in [3.63, 3.8) is 0 Å². The molecule has 0 bridgehead atoms. The van der Waals surface area contributed by atoms with E-state index < -0.39 is 8.07 Å². The maximum absolute atomic E-state index is 13.0. The number of rotatable bonds is 10. The van der Waals surface area contributed by atoms with E-state index in [0.717, 1.165) is 35.0 Å². The second-order valence-corrected chi connectivity index (χ2v) is 12.9. The Labute approximate surface area is 188 Å². The van der Waals surface area contributed by atoms with E-state index in [1.807, 2.05) is 38.1 Å². The minimum absolute atomic E-state index is 0.360. The van der Waals surface area contributed by atoms with E-state index in [1.54, 1.807) is 19.1 Å². The highest BCUT2D eigenvalue weighted by molar-refractivity contribution is 6.92. The molecule has 2 aromatic rings. The van der Waals surface area contributed by atoms with Gasteiger partial charge in [0, 0.05) is 18.7 Å². The summed E-state index contributed by atoms with van der Waals surface area (Å²) < 4.78 is 17.2. The number of hydrogen-bond acceptors (Lipinski definition) is 4. The van der Waals surface area contributed by atoms with Gasteiger partial charge in [-0.15, -0.1) is 0 Å². The van der Waals surface area contributed by atoms with E-state index in [2.05, 4.69) is 32.9 Å². The first kappa shape index (κ1) is 24.8. The molecule has 6 heteroatoms. The molecule has 0 heterocycles. The van der Waals surface area contributed by atoms with E-state index in [-0.39, 0.29) is 6.09 Å². The van der Waals surface area contributed by atoms with Crippen molar-refractivity contribution in [2.75, 3.05) is 27.3 Å². The molecule has 5 nitrogen and oxygen atoms in total. The van der Waals surface area contributed by atoms with Crippen molar-refractivity contribution >= 4 is 19.4 Å². The van der Waals surface area contributed by atoms with Crippen LogP contribution in [0.5, 0.6) is 17.2 Å². The highest BCUT2D eigenvalue weighted by atomic mass is 28.3. The molecule has 0 N–H and O–H groups in total. The molecule has 0 aliphatic rings. The van der Waals surface area contributed by atoms with Gasteiger partial charge >= 0.3 is 6.09 Å². The number of amides is 1. The number of methoxy groups -OCH3 is 2. The summed E-state index contributed by atoms with van der Waals surface area (Å²) in [5.74, 6) is 1.83. The van der Waals surface area contributed by atoms with Crippen molar-refractivity contribution in [1.29, 1.82) is 0 Å². The van der Waals surface area contributed by atoms with Crippen LogP contribution in [-0.4, -0.2) is 46.4 Å². The lowest BCUT2D eigenvalue weighted by Crippen LogP contribution is -2.47. The van der Waals surface area contributed by atoms with Crippen LogP contribution in [0.1, 0.15) is 34.6 Å². The third-order valence-electron chi connectivity index (χ3n) is 6.51. The average molecular weight is 444 g/mol. The molecule has 0 aliphatic carbocycles. The Morgan fingerprint density at radius 2 is 1.55 bits per heavy atom. The maximum atomic E-state index is 13.0. The van der Waals surface area contributed by atoms with E-state index in [1.165, 1.54) is 5.19 Å². The number of ether oxygens (including phenoxy) is 3. The maximum Gasteiger partial charge on any atom is 0.415 e. The fourth-order valence-electron chi connectivity index (χ4n) is 4.29. The molecule has 0 saturated heterocycles. The minimum atomic E-state index is -1.81. The summed E-state index contributed by atoms with van der Waals surface area (Å²) in [6, 6.07) is 15.4. The van der Waals surface area contributed by atoms with Crippen molar-refractivity contribution in [2.24, 2.45) is 0 Å². The van der Waals surface area contributed by atoms with Crippen LogP contribution in [0, 0.1) is 0 Å². The van der Waals surface area contributed by atoms with E-state index in [0.29, 0.717) is 24.6 Å². The van der Waals surface area contributed by atoms with Crippen molar-refractivity contribution in [3.05, 3.63) is 36.4 Å². The Bertz CT molecular complexity index is 868. The highest BCUT2D eigenvalue weighted by Crippen LogP contribution is 2.41. The predicted molar refractivity (Wildman–Crippen MR) is 131 cm³/mol. The van der Waals surface area contributed by atoms with Gasteiger partial charge in [0.2, 0.25) is 0 Å². The molecule has 0 aliphatic heterocycles. The number of benzene rings is 2. The zero-order chi connectivity index (χ0) is 23.0. The van der Waals surface area contributed by atoms with E-state index in [9.17, 15) is 4.79 Å². The Morgan fingerprint density at radius 3 is 2.06 bits per heavy atom. The molecule has 0 unspecified atom stereocenters. The van der Waals surface area contributed by atoms with Gasteiger partial charge in [0.1, 0.15) is 5.75 Å². The summed E-state index contributed by atoms with van der Waals surface area (Å²) in [5.41, 5.74) is 1.93. The molecule has 1 amide bonds. The van der Waals surface area contributed by atoms with Crippen LogP contribution in [-0.2, 0) is 0 Å². The zero-order valence-corrected chi connectivity index (χ0v) is 21.1. The fourth-order valence-corrected chi connectivity index (χ4v) is 8.16. The molecule has 0 fully saturated rings. The largest absolute Gasteiger partial charge is 0.497 e. The SMILES string of the molecule is CCN(CC)C(=O)Oc1c(OC)ccc([Si](CC)(CC)CC)c1-c1cccc(OC)c1. The summed E-state index contributed by atoms with van der Waals surface area (Å²) >= 11 is 0. The highest BCUT2D eigenvalue weighted by Gasteiger charge is 2.35. The zero-order valence-electron chi connectivity index (χ0n) is 20.1. The van der Waals surface area contributed by atoms with Crippen LogP contribution in [0.25, 0.3) is 11.1 Å². The van der Waals surface area contributed by atoms with Gasteiger partial charge in [0.05, 0.1) is 22.3 Å². The molecular weight excluding hydrogens is 406 g/mol. The Balaban J connectivity index is 2.85. The molecule has 170 valence electrons. The molecule has 2 rings (SSSR count). The first-order valence-electron chi connectivity index (χ1n) is 11.3. The predicted octanol–water partition coefficient (Wildman–Crippen LogP) is 5.93. The van der Waals surface area contributed by atoms with Gasteiger partial charge in [0.25, 0.3) is 0 Å². The molecule has 0 saturated carbocycles. The van der Waals surface area contributed by atoms with Crippen molar-refractivity contribution in [3.8, 4) is 28.4 Å². The third-order valence-corrected chi connectivity index (χ3v) is 12.1. The summed E-state index contributed by atoms with van der Waals surface area (Å²) in [6.45, 7) is 11.9.